The molecule has 1 aliphatic rings. The Labute approximate surface area is 82.4 Å². The molecule has 5 heteroatoms. The lowest BCUT2D eigenvalue weighted by Gasteiger charge is -2.14. The van der Waals surface area contributed by atoms with Crippen LogP contribution in [0.15, 0.2) is 0 Å². The van der Waals surface area contributed by atoms with Crippen LogP contribution in [0.2, 0.25) is 0 Å². The molecule has 1 rings (SSSR count). The topological polar surface area (TPSA) is 75.6 Å². The van der Waals surface area contributed by atoms with Crippen LogP contribution >= 0.6 is 0 Å². The molecular formula is C9H15NO4. The van der Waals surface area contributed by atoms with Gasteiger partial charge in [0.25, 0.3) is 0 Å². The van der Waals surface area contributed by atoms with Gasteiger partial charge in [-0.25, -0.2) is 4.79 Å². The summed E-state index contributed by atoms with van der Waals surface area (Å²) < 4.78 is 5.05. The van der Waals surface area contributed by atoms with Crippen LogP contribution in [0, 0.1) is 5.92 Å². The molecule has 0 aliphatic carbocycles. The first-order valence-electron chi connectivity index (χ1n) is 4.76. The lowest BCUT2D eigenvalue weighted by atomic mass is 10.1. The van der Waals surface area contributed by atoms with Gasteiger partial charge in [-0.05, 0) is 12.8 Å². The molecular weight excluding hydrogens is 186 g/mol. The van der Waals surface area contributed by atoms with Crippen molar-refractivity contribution < 1.29 is 19.4 Å². The average molecular weight is 201 g/mol. The van der Waals surface area contributed by atoms with Gasteiger partial charge in [-0.3, -0.25) is 4.79 Å². The number of carbonyl (C=O) groups is 2. The van der Waals surface area contributed by atoms with Crippen LogP contribution in [0.3, 0.4) is 0 Å². The summed E-state index contributed by atoms with van der Waals surface area (Å²) in [6, 6.07) is -0.775. The van der Waals surface area contributed by atoms with Crippen molar-refractivity contribution in [1.82, 2.24) is 5.32 Å². The van der Waals surface area contributed by atoms with Crippen molar-refractivity contribution in [3.05, 3.63) is 0 Å². The summed E-state index contributed by atoms with van der Waals surface area (Å²) in [6.45, 7) is 2.72. The summed E-state index contributed by atoms with van der Waals surface area (Å²) in [4.78, 5) is 22.1. The van der Waals surface area contributed by atoms with Crippen molar-refractivity contribution in [1.29, 1.82) is 0 Å². The number of amides is 1. The molecule has 0 aromatic rings. The number of hydrogen-bond acceptors (Lipinski definition) is 3. The van der Waals surface area contributed by atoms with E-state index in [1.54, 1.807) is 6.92 Å². The highest BCUT2D eigenvalue weighted by atomic mass is 16.5. The van der Waals surface area contributed by atoms with E-state index in [2.05, 4.69) is 5.32 Å². The quantitative estimate of drug-likeness (QED) is 0.671. The second kappa shape index (κ2) is 4.95. The van der Waals surface area contributed by atoms with E-state index >= 15 is 0 Å². The summed E-state index contributed by atoms with van der Waals surface area (Å²) >= 11 is 0. The molecule has 1 saturated heterocycles. The summed E-state index contributed by atoms with van der Waals surface area (Å²) in [7, 11) is 0. The molecule has 0 saturated carbocycles. The number of carboxylic acids is 1. The lowest BCUT2D eigenvalue weighted by molar-refractivity contribution is -0.142. The lowest BCUT2D eigenvalue weighted by Crippen LogP contribution is -2.43. The second-order valence-corrected chi connectivity index (χ2v) is 3.37. The average Bonchev–Trinajstić information content (AvgIpc) is 2.65. The van der Waals surface area contributed by atoms with Crippen molar-refractivity contribution in [3.8, 4) is 0 Å². The van der Waals surface area contributed by atoms with Gasteiger partial charge in [0, 0.05) is 6.61 Å². The van der Waals surface area contributed by atoms with Gasteiger partial charge in [0.15, 0.2) is 0 Å². The molecule has 14 heavy (non-hydrogen) atoms. The van der Waals surface area contributed by atoms with Crippen LogP contribution in [0.1, 0.15) is 19.8 Å². The van der Waals surface area contributed by atoms with Crippen LogP contribution in [-0.2, 0) is 14.3 Å². The second-order valence-electron chi connectivity index (χ2n) is 3.37. The normalized spacial score (nSPS) is 23.1. The molecule has 1 fully saturated rings. The SMILES string of the molecule is CC[C@H](NC(=O)[C@@H]1CCOC1)C(=O)O. The molecule has 0 aromatic heterocycles. The van der Waals surface area contributed by atoms with E-state index in [1.807, 2.05) is 0 Å². The Balaban J connectivity index is 2.41. The van der Waals surface area contributed by atoms with Gasteiger partial charge in [-0.15, -0.1) is 0 Å². The van der Waals surface area contributed by atoms with Gasteiger partial charge in [-0.2, -0.15) is 0 Å². The number of aliphatic carboxylic acids is 1. The molecule has 0 unspecified atom stereocenters. The van der Waals surface area contributed by atoms with Crippen LogP contribution in [0.25, 0.3) is 0 Å². The first-order chi connectivity index (χ1) is 6.65. The van der Waals surface area contributed by atoms with Gasteiger partial charge in [0.05, 0.1) is 12.5 Å². The Kier molecular flexibility index (Phi) is 3.88. The Morgan fingerprint density at radius 1 is 1.64 bits per heavy atom. The van der Waals surface area contributed by atoms with E-state index < -0.39 is 12.0 Å². The number of ether oxygens (including phenoxy) is 1. The highest BCUT2D eigenvalue weighted by molar-refractivity contribution is 5.85. The summed E-state index contributed by atoms with van der Waals surface area (Å²) in [6.07, 6.45) is 1.08. The van der Waals surface area contributed by atoms with E-state index in [4.69, 9.17) is 9.84 Å². The minimum atomic E-state index is -0.986. The maximum absolute atomic E-state index is 11.5. The molecule has 1 amide bonds. The smallest absolute Gasteiger partial charge is 0.326 e. The number of carbonyl (C=O) groups excluding carboxylic acids is 1. The fourth-order valence-corrected chi connectivity index (χ4v) is 1.37. The predicted octanol–water partition coefficient (Wildman–Crippen LogP) is 0.00230. The third-order valence-corrected chi connectivity index (χ3v) is 2.32. The third-order valence-electron chi connectivity index (χ3n) is 2.32. The van der Waals surface area contributed by atoms with E-state index in [0.717, 1.165) is 0 Å². The first kappa shape index (κ1) is 11.0. The molecule has 0 aromatic carbocycles. The van der Waals surface area contributed by atoms with E-state index in [-0.39, 0.29) is 11.8 Å². The zero-order chi connectivity index (χ0) is 10.6. The minimum absolute atomic E-state index is 0.177. The molecule has 0 bridgehead atoms. The van der Waals surface area contributed by atoms with E-state index in [9.17, 15) is 9.59 Å². The third kappa shape index (κ3) is 2.70. The molecule has 1 aliphatic heterocycles. The molecule has 80 valence electrons. The largest absolute Gasteiger partial charge is 0.480 e. The standard InChI is InChI=1S/C9H15NO4/c1-2-7(9(12)13)10-8(11)6-3-4-14-5-6/h6-7H,2-5H2,1H3,(H,10,11)(H,12,13)/t6-,7+/m1/s1. The molecule has 1 heterocycles. The number of nitrogens with one attached hydrogen (secondary N) is 1. The van der Waals surface area contributed by atoms with Gasteiger partial charge in [0.2, 0.25) is 5.91 Å². The van der Waals surface area contributed by atoms with Gasteiger partial charge in [-0.1, -0.05) is 6.92 Å². The summed E-state index contributed by atoms with van der Waals surface area (Å²) in [5.41, 5.74) is 0. The summed E-state index contributed by atoms with van der Waals surface area (Å²) in [5, 5.41) is 11.2. The number of hydrogen-bond donors (Lipinski definition) is 2. The highest BCUT2D eigenvalue weighted by Crippen LogP contribution is 2.12. The van der Waals surface area contributed by atoms with Crippen LogP contribution in [-0.4, -0.2) is 36.2 Å². The van der Waals surface area contributed by atoms with Crippen molar-refractivity contribution in [2.24, 2.45) is 5.92 Å². The number of rotatable bonds is 4. The fraction of sp³-hybridized carbons (Fsp3) is 0.778. The van der Waals surface area contributed by atoms with Crippen LogP contribution < -0.4 is 5.32 Å². The van der Waals surface area contributed by atoms with Crippen LogP contribution in [0.4, 0.5) is 0 Å². The Morgan fingerprint density at radius 2 is 2.36 bits per heavy atom. The maximum Gasteiger partial charge on any atom is 0.326 e. The van der Waals surface area contributed by atoms with Crippen LogP contribution in [0.5, 0.6) is 0 Å². The Bertz CT molecular complexity index is 223. The fourth-order valence-electron chi connectivity index (χ4n) is 1.37. The predicted molar refractivity (Wildman–Crippen MR) is 48.8 cm³/mol. The van der Waals surface area contributed by atoms with Gasteiger partial charge in [0.1, 0.15) is 6.04 Å². The van der Waals surface area contributed by atoms with Crippen molar-refractivity contribution in [3.63, 3.8) is 0 Å². The minimum Gasteiger partial charge on any atom is -0.480 e. The summed E-state index contributed by atoms with van der Waals surface area (Å²) in [5.74, 6) is -1.38. The van der Waals surface area contributed by atoms with Crippen molar-refractivity contribution >= 4 is 11.9 Å². The molecule has 0 spiro atoms. The van der Waals surface area contributed by atoms with E-state index in [0.29, 0.717) is 26.1 Å². The maximum atomic E-state index is 11.5. The van der Waals surface area contributed by atoms with Gasteiger partial charge >= 0.3 is 5.97 Å². The monoisotopic (exact) mass is 201 g/mol. The van der Waals surface area contributed by atoms with E-state index in [1.165, 1.54) is 0 Å². The van der Waals surface area contributed by atoms with Crippen molar-refractivity contribution in [2.75, 3.05) is 13.2 Å². The molecule has 2 atom stereocenters. The molecule has 2 N–H and O–H groups in total. The number of carboxylic acid groups (broad SMARTS) is 1. The zero-order valence-electron chi connectivity index (χ0n) is 8.16. The zero-order valence-corrected chi connectivity index (χ0v) is 8.16. The Hall–Kier alpha value is -1.10. The Morgan fingerprint density at radius 3 is 2.79 bits per heavy atom. The molecule has 0 radical (unpaired) electrons. The highest BCUT2D eigenvalue weighted by Gasteiger charge is 2.26. The van der Waals surface area contributed by atoms with Crippen molar-refractivity contribution in [2.45, 2.75) is 25.8 Å². The molecule has 5 nitrogen and oxygen atoms in total. The van der Waals surface area contributed by atoms with Gasteiger partial charge < -0.3 is 15.2 Å². The first-order valence-corrected chi connectivity index (χ1v) is 4.76.